The average Bonchev–Trinajstić information content (AvgIpc) is 2.50. The Labute approximate surface area is 124 Å². The molecule has 3 N–H and O–H groups in total. The van der Waals surface area contributed by atoms with Crippen LogP contribution in [-0.2, 0) is 11.2 Å². The molecule has 0 saturated carbocycles. The average molecular weight is 284 g/mol. The van der Waals surface area contributed by atoms with Gasteiger partial charge in [-0.1, -0.05) is 36.4 Å². The quantitative estimate of drug-likeness (QED) is 0.632. The van der Waals surface area contributed by atoms with Crippen LogP contribution in [0.3, 0.4) is 0 Å². The van der Waals surface area contributed by atoms with Crippen molar-refractivity contribution in [3.63, 3.8) is 0 Å². The second-order valence-electron chi connectivity index (χ2n) is 4.65. The van der Waals surface area contributed by atoms with Gasteiger partial charge in [-0.25, -0.2) is 4.79 Å². The lowest BCUT2D eigenvalue weighted by atomic mass is 10.1. The lowest BCUT2D eigenvalue weighted by molar-refractivity contribution is 0.0527. The summed E-state index contributed by atoms with van der Waals surface area (Å²) >= 11 is 0. The lowest BCUT2D eigenvalue weighted by Crippen LogP contribution is -2.13. The number of rotatable bonds is 6. The van der Waals surface area contributed by atoms with Gasteiger partial charge in [0.1, 0.15) is 0 Å². The number of hydrogen-bond acceptors (Lipinski definition) is 4. The van der Waals surface area contributed by atoms with Crippen LogP contribution in [0.1, 0.15) is 22.8 Å². The molecular formula is C17H20N2O2. The third-order valence-corrected chi connectivity index (χ3v) is 3.15. The Hall–Kier alpha value is -2.49. The molecule has 0 radical (unpaired) electrons. The van der Waals surface area contributed by atoms with E-state index in [0.717, 1.165) is 6.42 Å². The number of carbonyl (C=O) groups excluding carboxylic acids is 1. The number of nitrogen functional groups attached to an aromatic ring is 1. The summed E-state index contributed by atoms with van der Waals surface area (Å²) in [5, 5.41) is 3.24. The van der Waals surface area contributed by atoms with Gasteiger partial charge in [-0.15, -0.1) is 0 Å². The number of carbonyl (C=O) groups is 1. The summed E-state index contributed by atoms with van der Waals surface area (Å²) in [7, 11) is 0. The minimum absolute atomic E-state index is 0.344. The Kier molecular flexibility index (Phi) is 5.21. The van der Waals surface area contributed by atoms with Gasteiger partial charge in [0.05, 0.1) is 23.5 Å². The van der Waals surface area contributed by atoms with Crippen LogP contribution >= 0.6 is 0 Å². The van der Waals surface area contributed by atoms with Crippen molar-refractivity contribution >= 4 is 17.3 Å². The maximum Gasteiger partial charge on any atom is 0.340 e. The summed E-state index contributed by atoms with van der Waals surface area (Å²) in [6.45, 7) is 2.83. The number of anilines is 2. The van der Waals surface area contributed by atoms with Gasteiger partial charge < -0.3 is 15.8 Å². The molecule has 0 amide bonds. The van der Waals surface area contributed by atoms with E-state index in [9.17, 15) is 4.79 Å². The van der Waals surface area contributed by atoms with Crippen molar-refractivity contribution in [3.8, 4) is 0 Å². The van der Waals surface area contributed by atoms with E-state index in [1.807, 2.05) is 18.2 Å². The van der Waals surface area contributed by atoms with Crippen LogP contribution in [0.15, 0.2) is 48.5 Å². The van der Waals surface area contributed by atoms with Crippen molar-refractivity contribution in [2.45, 2.75) is 13.3 Å². The number of benzene rings is 2. The Balaban J connectivity index is 2.06. The Bertz CT molecular complexity index is 597. The van der Waals surface area contributed by atoms with Gasteiger partial charge in [0, 0.05) is 6.54 Å². The van der Waals surface area contributed by atoms with Crippen LogP contribution in [0.2, 0.25) is 0 Å². The van der Waals surface area contributed by atoms with Crippen molar-refractivity contribution in [1.29, 1.82) is 0 Å². The van der Waals surface area contributed by atoms with Crippen molar-refractivity contribution in [1.82, 2.24) is 0 Å². The number of nitrogens with one attached hydrogen (secondary N) is 1. The van der Waals surface area contributed by atoms with Gasteiger partial charge >= 0.3 is 5.97 Å². The largest absolute Gasteiger partial charge is 0.462 e. The zero-order valence-electron chi connectivity index (χ0n) is 12.1. The highest BCUT2D eigenvalue weighted by atomic mass is 16.5. The Morgan fingerprint density at radius 1 is 1.14 bits per heavy atom. The first-order chi connectivity index (χ1) is 10.2. The molecule has 2 rings (SSSR count). The number of ether oxygens (including phenoxy) is 1. The summed E-state index contributed by atoms with van der Waals surface area (Å²) in [5.41, 5.74) is 8.87. The minimum atomic E-state index is -0.355. The highest BCUT2D eigenvalue weighted by molar-refractivity contribution is 5.98. The fourth-order valence-corrected chi connectivity index (χ4v) is 2.12. The zero-order valence-corrected chi connectivity index (χ0v) is 12.1. The molecule has 0 heterocycles. The first-order valence-corrected chi connectivity index (χ1v) is 7.05. The molecule has 2 aromatic carbocycles. The summed E-state index contributed by atoms with van der Waals surface area (Å²) < 4.78 is 5.05. The molecule has 0 bridgehead atoms. The van der Waals surface area contributed by atoms with E-state index in [1.165, 1.54) is 5.56 Å². The predicted molar refractivity (Wildman–Crippen MR) is 85.4 cm³/mol. The molecule has 0 aliphatic carbocycles. The highest BCUT2D eigenvalue weighted by Crippen LogP contribution is 2.24. The summed E-state index contributed by atoms with van der Waals surface area (Å²) in [4.78, 5) is 11.9. The number of para-hydroxylation sites is 1. The number of esters is 1. The molecule has 0 aliphatic rings. The van der Waals surface area contributed by atoms with Crippen molar-refractivity contribution < 1.29 is 9.53 Å². The van der Waals surface area contributed by atoms with Gasteiger partial charge in [0.25, 0.3) is 0 Å². The summed E-state index contributed by atoms with van der Waals surface area (Å²) in [6.07, 6.45) is 0.859. The second-order valence-corrected chi connectivity index (χ2v) is 4.65. The number of hydrogen-bond donors (Lipinski definition) is 2. The SMILES string of the molecule is CCOC(=O)c1cccc(N)c1NCCc1ccccc1. The van der Waals surface area contributed by atoms with Crippen LogP contribution in [-0.4, -0.2) is 19.1 Å². The molecule has 0 fully saturated rings. The van der Waals surface area contributed by atoms with Crippen LogP contribution in [0.4, 0.5) is 11.4 Å². The third-order valence-electron chi connectivity index (χ3n) is 3.15. The first kappa shape index (κ1) is 14.9. The molecule has 0 aromatic heterocycles. The van der Waals surface area contributed by atoms with E-state index in [0.29, 0.717) is 30.1 Å². The fourth-order valence-electron chi connectivity index (χ4n) is 2.12. The first-order valence-electron chi connectivity index (χ1n) is 7.05. The van der Waals surface area contributed by atoms with E-state index in [2.05, 4.69) is 17.4 Å². The van der Waals surface area contributed by atoms with Gasteiger partial charge in [-0.2, -0.15) is 0 Å². The predicted octanol–water partition coefficient (Wildman–Crippen LogP) is 3.10. The molecule has 4 nitrogen and oxygen atoms in total. The topological polar surface area (TPSA) is 64.3 Å². The van der Waals surface area contributed by atoms with Crippen molar-refractivity contribution in [3.05, 3.63) is 59.7 Å². The second kappa shape index (κ2) is 7.33. The maximum atomic E-state index is 11.9. The van der Waals surface area contributed by atoms with E-state index in [4.69, 9.17) is 10.5 Å². The maximum absolute atomic E-state index is 11.9. The molecule has 0 unspecified atom stereocenters. The molecule has 21 heavy (non-hydrogen) atoms. The molecule has 2 aromatic rings. The molecule has 110 valence electrons. The molecular weight excluding hydrogens is 264 g/mol. The van der Waals surface area contributed by atoms with E-state index >= 15 is 0 Å². The van der Waals surface area contributed by atoms with Crippen LogP contribution in [0, 0.1) is 0 Å². The third kappa shape index (κ3) is 3.99. The molecule has 0 aliphatic heterocycles. The summed E-state index contributed by atoms with van der Waals surface area (Å²) in [5.74, 6) is -0.355. The van der Waals surface area contributed by atoms with Crippen LogP contribution in [0.25, 0.3) is 0 Å². The fraction of sp³-hybridized carbons (Fsp3) is 0.235. The molecule has 0 spiro atoms. The van der Waals surface area contributed by atoms with Crippen molar-refractivity contribution in [2.24, 2.45) is 0 Å². The van der Waals surface area contributed by atoms with Gasteiger partial charge in [-0.3, -0.25) is 0 Å². The monoisotopic (exact) mass is 284 g/mol. The van der Waals surface area contributed by atoms with Crippen LogP contribution in [0.5, 0.6) is 0 Å². The van der Waals surface area contributed by atoms with Gasteiger partial charge in [-0.05, 0) is 31.0 Å². The van der Waals surface area contributed by atoms with Gasteiger partial charge in [0.15, 0.2) is 0 Å². The standard InChI is InChI=1S/C17H20N2O2/c1-2-21-17(20)14-9-6-10-15(18)16(14)19-12-11-13-7-4-3-5-8-13/h3-10,19H,2,11-12,18H2,1H3. The highest BCUT2D eigenvalue weighted by Gasteiger charge is 2.14. The molecule has 4 heteroatoms. The molecule has 0 atom stereocenters. The Morgan fingerprint density at radius 2 is 1.90 bits per heavy atom. The Morgan fingerprint density at radius 3 is 2.62 bits per heavy atom. The van der Waals surface area contributed by atoms with Crippen LogP contribution < -0.4 is 11.1 Å². The van der Waals surface area contributed by atoms with E-state index < -0.39 is 0 Å². The summed E-state index contributed by atoms with van der Waals surface area (Å²) in [6, 6.07) is 15.4. The van der Waals surface area contributed by atoms with Crippen molar-refractivity contribution in [2.75, 3.05) is 24.2 Å². The van der Waals surface area contributed by atoms with E-state index in [-0.39, 0.29) is 5.97 Å². The smallest absolute Gasteiger partial charge is 0.340 e. The van der Waals surface area contributed by atoms with E-state index in [1.54, 1.807) is 25.1 Å². The zero-order chi connectivity index (χ0) is 15.1. The minimum Gasteiger partial charge on any atom is -0.462 e. The lowest BCUT2D eigenvalue weighted by Gasteiger charge is -2.13. The number of nitrogens with two attached hydrogens (primary N) is 1. The molecule has 0 saturated heterocycles. The van der Waals surface area contributed by atoms with Gasteiger partial charge in [0.2, 0.25) is 0 Å². The normalized spacial score (nSPS) is 10.1.